The zero-order chi connectivity index (χ0) is 18.4. The fraction of sp³-hybridized carbons (Fsp3) is 0.0556. The first kappa shape index (κ1) is 17.1. The van der Waals surface area contributed by atoms with Crippen molar-refractivity contribution in [2.24, 2.45) is 10.7 Å². The molecule has 5 nitrogen and oxygen atoms in total. The molecule has 0 bridgehead atoms. The van der Waals surface area contributed by atoms with Gasteiger partial charge in [0.15, 0.2) is 5.69 Å². The molecule has 1 aromatic heterocycles. The van der Waals surface area contributed by atoms with Gasteiger partial charge in [-0.1, -0.05) is 41.4 Å². The van der Waals surface area contributed by atoms with E-state index >= 15 is 0 Å². The van der Waals surface area contributed by atoms with E-state index in [4.69, 9.17) is 40.5 Å². The lowest BCUT2D eigenvalue weighted by atomic mass is 10.0. The van der Waals surface area contributed by atoms with Crippen molar-refractivity contribution in [3.8, 4) is 5.69 Å². The zero-order valence-electron chi connectivity index (χ0n) is 13.2. The van der Waals surface area contributed by atoms with Crippen LogP contribution in [-0.2, 0) is 6.54 Å². The van der Waals surface area contributed by atoms with Gasteiger partial charge in [0, 0.05) is 21.2 Å². The lowest BCUT2D eigenvalue weighted by Crippen LogP contribution is -2.14. The molecule has 0 radical (unpaired) electrons. The molecule has 2 N–H and O–H groups in total. The van der Waals surface area contributed by atoms with E-state index in [0.29, 0.717) is 27.1 Å². The number of aromatic nitrogens is 2. The highest BCUT2D eigenvalue weighted by Gasteiger charge is 2.27. The summed E-state index contributed by atoms with van der Waals surface area (Å²) in [6, 6.07) is 12.7. The summed E-state index contributed by atoms with van der Waals surface area (Å²) < 4.78 is 1.67. The lowest BCUT2D eigenvalue weighted by Gasteiger charge is -2.13. The van der Waals surface area contributed by atoms with Crippen molar-refractivity contribution in [2.45, 2.75) is 6.54 Å². The summed E-state index contributed by atoms with van der Waals surface area (Å²) in [7, 11) is 0. The molecule has 0 fully saturated rings. The molecule has 3 aromatic rings. The number of hydrogen-bond acceptors (Lipinski definition) is 3. The Bertz CT molecular complexity index is 1090. The Morgan fingerprint density at radius 1 is 1.08 bits per heavy atom. The SMILES string of the molecule is NC(=O)c1nc(Cl)n2c1CN=C(c1ccccc1Cl)c1cc(Cl)ccc1-2. The van der Waals surface area contributed by atoms with Crippen LogP contribution in [0.25, 0.3) is 5.69 Å². The second-order valence-corrected chi connectivity index (χ2v) is 6.86. The zero-order valence-corrected chi connectivity index (χ0v) is 15.5. The van der Waals surface area contributed by atoms with Crippen molar-refractivity contribution in [3.63, 3.8) is 0 Å². The number of benzene rings is 2. The molecule has 0 saturated heterocycles. The summed E-state index contributed by atoms with van der Waals surface area (Å²) in [5.41, 5.74) is 8.92. The number of amides is 1. The summed E-state index contributed by atoms with van der Waals surface area (Å²) >= 11 is 18.9. The van der Waals surface area contributed by atoms with E-state index in [-0.39, 0.29) is 17.5 Å². The van der Waals surface area contributed by atoms with Crippen LogP contribution in [0.3, 0.4) is 0 Å². The van der Waals surface area contributed by atoms with Crippen LogP contribution >= 0.6 is 34.8 Å². The Kier molecular flexibility index (Phi) is 4.23. The Morgan fingerprint density at radius 3 is 2.58 bits per heavy atom. The second-order valence-electron chi connectivity index (χ2n) is 5.68. The average molecular weight is 406 g/mol. The van der Waals surface area contributed by atoms with Gasteiger partial charge in [0.05, 0.1) is 23.6 Å². The number of imidazole rings is 1. The fourth-order valence-corrected chi connectivity index (χ4v) is 3.70. The van der Waals surface area contributed by atoms with Crippen molar-refractivity contribution >= 4 is 46.4 Å². The van der Waals surface area contributed by atoms with E-state index in [1.54, 1.807) is 28.8 Å². The topological polar surface area (TPSA) is 73.3 Å². The Hall–Kier alpha value is -2.34. The molecular weight excluding hydrogens is 395 g/mol. The predicted molar refractivity (Wildman–Crippen MR) is 103 cm³/mol. The van der Waals surface area contributed by atoms with Crippen LogP contribution in [0.2, 0.25) is 15.3 Å². The van der Waals surface area contributed by atoms with Gasteiger partial charge in [-0.05, 0) is 35.9 Å². The van der Waals surface area contributed by atoms with E-state index in [2.05, 4.69) is 9.98 Å². The summed E-state index contributed by atoms with van der Waals surface area (Å²) in [5.74, 6) is -0.660. The molecule has 130 valence electrons. The van der Waals surface area contributed by atoms with Gasteiger partial charge in [-0.2, -0.15) is 0 Å². The van der Waals surface area contributed by atoms with Crippen LogP contribution in [0.1, 0.15) is 27.3 Å². The quantitative estimate of drug-likeness (QED) is 0.691. The summed E-state index contributed by atoms with van der Waals surface area (Å²) in [4.78, 5) is 20.5. The van der Waals surface area contributed by atoms with Crippen molar-refractivity contribution < 1.29 is 4.79 Å². The van der Waals surface area contributed by atoms with Crippen LogP contribution in [0.5, 0.6) is 0 Å². The normalized spacial score (nSPS) is 12.8. The maximum atomic E-state index is 11.8. The van der Waals surface area contributed by atoms with Gasteiger partial charge in [0.2, 0.25) is 5.28 Å². The van der Waals surface area contributed by atoms with Gasteiger partial charge in [-0.15, -0.1) is 0 Å². The lowest BCUT2D eigenvalue weighted by molar-refractivity contribution is 0.0995. The number of aliphatic imine (C=N–C) groups is 1. The molecule has 0 atom stereocenters. The summed E-state index contributed by atoms with van der Waals surface area (Å²) in [6.45, 7) is 0.171. The van der Waals surface area contributed by atoms with Crippen molar-refractivity contribution in [3.05, 3.63) is 80.3 Å². The summed E-state index contributed by atoms with van der Waals surface area (Å²) in [5, 5.41) is 1.23. The number of fused-ring (bicyclic) bond motifs is 3. The fourth-order valence-electron chi connectivity index (χ4n) is 3.03. The minimum atomic E-state index is -0.660. The molecule has 0 aliphatic carbocycles. The third-order valence-corrected chi connectivity index (χ3v) is 4.95. The van der Waals surface area contributed by atoms with Crippen molar-refractivity contribution in [2.75, 3.05) is 0 Å². The molecule has 4 rings (SSSR count). The highest BCUT2D eigenvalue weighted by atomic mass is 35.5. The van der Waals surface area contributed by atoms with Gasteiger partial charge in [-0.3, -0.25) is 14.4 Å². The molecule has 0 unspecified atom stereocenters. The monoisotopic (exact) mass is 404 g/mol. The number of rotatable bonds is 2. The minimum Gasteiger partial charge on any atom is -0.364 e. The van der Waals surface area contributed by atoms with E-state index in [1.165, 1.54) is 0 Å². The first-order chi connectivity index (χ1) is 12.5. The largest absolute Gasteiger partial charge is 0.364 e. The predicted octanol–water partition coefficient (Wildman–Crippen LogP) is 4.28. The third kappa shape index (κ3) is 2.69. The third-order valence-electron chi connectivity index (χ3n) is 4.14. The number of halogens is 3. The second kappa shape index (κ2) is 6.43. The molecule has 1 aliphatic rings. The Balaban J connectivity index is 2.05. The highest BCUT2D eigenvalue weighted by Crippen LogP contribution is 2.33. The average Bonchev–Trinajstić information content (AvgIpc) is 2.84. The first-order valence-electron chi connectivity index (χ1n) is 7.64. The van der Waals surface area contributed by atoms with Crippen LogP contribution < -0.4 is 5.73 Å². The molecule has 0 spiro atoms. The van der Waals surface area contributed by atoms with Gasteiger partial charge >= 0.3 is 0 Å². The first-order valence-corrected chi connectivity index (χ1v) is 8.77. The van der Waals surface area contributed by atoms with Crippen LogP contribution in [0.4, 0.5) is 0 Å². The smallest absolute Gasteiger partial charge is 0.269 e. The number of nitrogens with zero attached hydrogens (tertiary/aromatic N) is 3. The van der Waals surface area contributed by atoms with E-state index in [1.807, 2.05) is 18.2 Å². The number of hydrogen-bond donors (Lipinski definition) is 1. The number of nitrogens with two attached hydrogens (primary N) is 1. The van der Waals surface area contributed by atoms with E-state index in [9.17, 15) is 4.79 Å². The van der Waals surface area contributed by atoms with Gasteiger partial charge in [-0.25, -0.2) is 4.98 Å². The number of carbonyl (C=O) groups excluding carboxylic acids is 1. The molecule has 1 aliphatic heterocycles. The maximum absolute atomic E-state index is 11.8. The molecular formula is C18H11Cl3N4O. The van der Waals surface area contributed by atoms with E-state index in [0.717, 1.165) is 11.1 Å². The number of primary amides is 1. The number of carbonyl (C=O) groups is 1. The van der Waals surface area contributed by atoms with Gasteiger partial charge < -0.3 is 5.73 Å². The van der Waals surface area contributed by atoms with Crippen LogP contribution in [0.15, 0.2) is 47.5 Å². The Labute approximate surface area is 164 Å². The van der Waals surface area contributed by atoms with Gasteiger partial charge in [0.25, 0.3) is 5.91 Å². The summed E-state index contributed by atoms with van der Waals surface area (Å²) in [6.07, 6.45) is 0. The molecule has 0 saturated carbocycles. The van der Waals surface area contributed by atoms with Gasteiger partial charge in [0.1, 0.15) is 0 Å². The Morgan fingerprint density at radius 2 is 1.85 bits per heavy atom. The molecule has 8 heteroatoms. The van der Waals surface area contributed by atoms with Crippen LogP contribution in [0, 0.1) is 0 Å². The standard InChI is InChI=1S/C18H11Cl3N4O/c19-9-5-6-13-11(7-9)15(10-3-1-2-4-12(10)20)23-8-14-16(17(22)26)24-18(21)25(13)14/h1-7H,8H2,(H2,22,26). The molecule has 1 amide bonds. The van der Waals surface area contributed by atoms with Crippen LogP contribution in [-0.4, -0.2) is 21.2 Å². The maximum Gasteiger partial charge on any atom is 0.269 e. The molecule has 2 heterocycles. The highest BCUT2D eigenvalue weighted by molar-refractivity contribution is 6.36. The minimum absolute atomic E-state index is 0.0973. The molecule has 26 heavy (non-hydrogen) atoms. The molecule has 2 aromatic carbocycles. The van der Waals surface area contributed by atoms with Crippen molar-refractivity contribution in [1.29, 1.82) is 0 Å². The van der Waals surface area contributed by atoms with E-state index < -0.39 is 5.91 Å². The van der Waals surface area contributed by atoms with Crippen molar-refractivity contribution in [1.82, 2.24) is 9.55 Å².